The molecule has 0 aliphatic carbocycles. The van der Waals surface area contributed by atoms with Gasteiger partial charge in [-0.05, 0) is 17.8 Å². The average Bonchev–Trinajstić information content (AvgIpc) is 2.37. The molecule has 0 atom stereocenters. The summed E-state index contributed by atoms with van der Waals surface area (Å²) < 4.78 is 12.4. The fraction of sp³-hybridized carbons (Fsp3) is 0. The molecule has 0 fully saturated rings. The van der Waals surface area contributed by atoms with E-state index in [4.69, 9.17) is 13.3 Å². The maximum atomic E-state index is 12.4. The molecule has 0 spiro atoms. The number of halogens is 1. The van der Waals surface area contributed by atoms with Gasteiger partial charge in [0.1, 0.15) is 13.7 Å². The predicted molar refractivity (Wildman–Crippen MR) is 44.0 cm³/mol. The molecule has 11 heavy (non-hydrogen) atoms. The Balaban J connectivity index is 2.94. The van der Waals surface area contributed by atoms with E-state index in [9.17, 15) is 4.39 Å². The van der Waals surface area contributed by atoms with Crippen molar-refractivity contribution in [2.45, 2.75) is 0 Å². The normalized spacial score (nSPS) is 11.5. The van der Waals surface area contributed by atoms with Gasteiger partial charge in [-0.1, -0.05) is 5.46 Å². The summed E-state index contributed by atoms with van der Waals surface area (Å²) in [7, 11) is 5.43. The Bertz CT molecular complexity index is 290. The van der Waals surface area contributed by atoms with E-state index in [-0.39, 0.29) is 0 Å². The highest BCUT2D eigenvalue weighted by Gasteiger charge is 1.95. The summed E-state index contributed by atoms with van der Waals surface area (Å²) >= 11 is 0. The van der Waals surface area contributed by atoms with Crippen molar-refractivity contribution in [3.8, 4) is 0 Å². The molecule has 1 aromatic heterocycles. The molecule has 1 rings (SSSR count). The van der Waals surface area contributed by atoms with Crippen molar-refractivity contribution < 1.29 is 4.39 Å². The van der Waals surface area contributed by atoms with E-state index in [0.717, 1.165) is 0 Å². The lowest BCUT2D eigenvalue weighted by atomic mass is 9.95. The molecule has 0 aliphatic heterocycles. The largest absolute Gasteiger partial charge is 0.368 e. The topological polar surface area (TPSA) is 39.6 Å². The van der Waals surface area contributed by atoms with Gasteiger partial charge in [-0.15, -0.1) is 0 Å². The first-order valence-corrected chi connectivity index (χ1v) is 3.04. The Kier molecular flexibility index (Phi) is 2.26. The molecular weight excluding hydrogens is 142 g/mol. The zero-order chi connectivity index (χ0) is 8.27. The molecule has 0 unspecified atom stereocenters. The molecule has 2 radical (unpaired) electrons. The van der Waals surface area contributed by atoms with Crippen molar-refractivity contribution in [2.24, 2.45) is 0 Å². The number of aromatic amines is 1. The molecule has 0 bridgehead atoms. The number of allylic oxidation sites excluding steroid dienone is 1. The molecule has 0 aromatic carbocycles. The second-order valence-corrected chi connectivity index (χ2v) is 2.04. The summed E-state index contributed by atoms with van der Waals surface area (Å²) in [5, 5.41) is 6.56. The molecule has 0 amide bonds. The average molecular weight is 148 g/mol. The first-order chi connectivity index (χ1) is 5.24. The molecule has 1 aromatic rings. The molecule has 4 heteroatoms. The summed E-state index contributed by atoms with van der Waals surface area (Å²) in [6.45, 7) is 0. The highest BCUT2D eigenvalue weighted by atomic mass is 19.1. The predicted octanol–water partition coefficient (Wildman–Crippen LogP) is 0.768. The number of aromatic nitrogens is 1. The minimum absolute atomic E-state index is 0.474. The van der Waals surface area contributed by atoms with Crippen molar-refractivity contribution in [2.75, 3.05) is 0 Å². The second kappa shape index (κ2) is 3.19. The number of rotatable bonds is 2. The lowest BCUT2D eigenvalue weighted by Gasteiger charge is -1.88. The van der Waals surface area contributed by atoms with Gasteiger partial charge in [0.15, 0.2) is 0 Å². The monoisotopic (exact) mass is 148 g/mol. The van der Waals surface area contributed by atoms with E-state index in [1.165, 1.54) is 6.08 Å². The van der Waals surface area contributed by atoms with Crippen LogP contribution in [0, 0.1) is 5.41 Å². The summed E-state index contributed by atoms with van der Waals surface area (Å²) in [6.07, 6.45) is 4.95. The van der Waals surface area contributed by atoms with E-state index in [0.29, 0.717) is 17.2 Å². The molecule has 2 N–H and O–H groups in total. The highest BCUT2D eigenvalue weighted by molar-refractivity contribution is 6.34. The van der Waals surface area contributed by atoms with Crippen LogP contribution in [0.15, 0.2) is 18.2 Å². The Morgan fingerprint density at radius 2 is 2.36 bits per heavy atom. The minimum Gasteiger partial charge on any atom is -0.368 e. The van der Waals surface area contributed by atoms with Gasteiger partial charge in [0.05, 0.1) is 6.21 Å². The smallest absolute Gasteiger partial charge is 0.141 e. The maximum Gasteiger partial charge on any atom is 0.141 e. The van der Waals surface area contributed by atoms with E-state index in [1.54, 1.807) is 12.4 Å². The summed E-state index contributed by atoms with van der Waals surface area (Å²) in [4.78, 5) is 2.72. The van der Waals surface area contributed by atoms with Gasteiger partial charge in [-0.3, -0.25) is 0 Å². The molecule has 54 valence electrons. The first-order valence-electron chi connectivity index (χ1n) is 3.04. The quantitative estimate of drug-likeness (QED) is 0.459. The van der Waals surface area contributed by atoms with Crippen molar-refractivity contribution >= 4 is 25.6 Å². The lowest BCUT2D eigenvalue weighted by molar-refractivity contribution is 0.692. The van der Waals surface area contributed by atoms with Gasteiger partial charge in [-0.2, -0.15) is 0 Å². The van der Waals surface area contributed by atoms with Crippen LogP contribution in [0.25, 0.3) is 6.08 Å². The Hall–Kier alpha value is -1.32. The standard InChI is InChI=1S/C7H6BFN2/c8-7-4-11-3-5(7)1-6(9)2-10/h1-4,10-11H/b6-1+,10-2?. The van der Waals surface area contributed by atoms with Crippen LogP contribution in [0.1, 0.15) is 5.56 Å². The van der Waals surface area contributed by atoms with Gasteiger partial charge in [0.25, 0.3) is 0 Å². The van der Waals surface area contributed by atoms with Crippen molar-refractivity contribution in [1.29, 1.82) is 5.41 Å². The zero-order valence-corrected chi connectivity index (χ0v) is 5.76. The van der Waals surface area contributed by atoms with Crippen LogP contribution in [-0.2, 0) is 0 Å². The highest BCUT2D eigenvalue weighted by Crippen LogP contribution is 2.01. The number of hydrogen-bond donors (Lipinski definition) is 2. The van der Waals surface area contributed by atoms with Crippen LogP contribution in [0.2, 0.25) is 0 Å². The van der Waals surface area contributed by atoms with E-state index in [1.807, 2.05) is 0 Å². The molecule has 0 aliphatic rings. The number of hydrogen-bond acceptors (Lipinski definition) is 1. The molecule has 2 nitrogen and oxygen atoms in total. The van der Waals surface area contributed by atoms with Gasteiger partial charge in [-0.25, -0.2) is 4.39 Å². The Labute approximate surface area is 65.0 Å². The van der Waals surface area contributed by atoms with Crippen LogP contribution >= 0.6 is 0 Å². The van der Waals surface area contributed by atoms with Gasteiger partial charge in [0.2, 0.25) is 0 Å². The fourth-order valence-electron chi connectivity index (χ4n) is 0.703. The van der Waals surface area contributed by atoms with Crippen LogP contribution < -0.4 is 5.46 Å². The van der Waals surface area contributed by atoms with Crippen LogP contribution in [-0.4, -0.2) is 19.0 Å². The van der Waals surface area contributed by atoms with Crippen LogP contribution in [0.4, 0.5) is 4.39 Å². The molecule has 0 saturated heterocycles. The van der Waals surface area contributed by atoms with Crippen LogP contribution in [0.5, 0.6) is 0 Å². The SMILES string of the molecule is [B]c1c[nH]cc1/C=C(/F)C=N. The third kappa shape index (κ3) is 1.80. The lowest BCUT2D eigenvalue weighted by Crippen LogP contribution is -2.00. The van der Waals surface area contributed by atoms with Crippen LogP contribution in [0.3, 0.4) is 0 Å². The molecular formula is C7H6BFN2. The van der Waals surface area contributed by atoms with Gasteiger partial charge < -0.3 is 10.4 Å². The van der Waals surface area contributed by atoms with E-state index < -0.39 is 5.83 Å². The summed E-state index contributed by atoms with van der Waals surface area (Å²) in [5.41, 5.74) is 1.04. The molecule has 1 heterocycles. The van der Waals surface area contributed by atoms with E-state index in [2.05, 4.69) is 4.98 Å². The van der Waals surface area contributed by atoms with Crippen molar-refractivity contribution in [3.05, 3.63) is 23.8 Å². The van der Waals surface area contributed by atoms with Gasteiger partial charge >= 0.3 is 0 Å². The van der Waals surface area contributed by atoms with Crippen molar-refractivity contribution in [1.82, 2.24) is 4.98 Å². The molecule has 0 saturated carbocycles. The fourth-order valence-corrected chi connectivity index (χ4v) is 0.703. The number of nitrogens with one attached hydrogen (secondary N) is 2. The minimum atomic E-state index is -0.615. The van der Waals surface area contributed by atoms with Gasteiger partial charge in [0, 0.05) is 6.20 Å². The first kappa shape index (κ1) is 7.79. The summed E-state index contributed by atoms with van der Waals surface area (Å²) in [5.74, 6) is -0.615. The van der Waals surface area contributed by atoms with E-state index >= 15 is 0 Å². The third-order valence-corrected chi connectivity index (χ3v) is 1.24. The third-order valence-electron chi connectivity index (χ3n) is 1.24. The number of H-pyrrole nitrogens is 1. The van der Waals surface area contributed by atoms with Crippen molar-refractivity contribution in [3.63, 3.8) is 0 Å². The Morgan fingerprint density at radius 3 is 2.82 bits per heavy atom. The summed E-state index contributed by atoms with van der Waals surface area (Å²) in [6, 6.07) is 0. The zero-order valence-electron chi connectivity index (χ0n) is 5.76. The Morgan fingerprint density at radius 1 is 1.64 bits per heavy atom. The maximum absolute atomic E-state index is 12.4. The second-order valence-electron chi connectivity index (χ2n) is 2.04.